The van der Waals surface area contributed by atoms with E-state index in [4.69, 9.17) is 4.98 Å². The van der Waals surface area contributed by atoms with Gasteiger partial charge in [-0.3, -0.25) is 9.67 Å². The molecule has 5 aromatic rings. The number of hydrogen-bond donors (Lipinski definition) is 3. The number of nitrogens with zero attached hydrogens (tertiary/aromatic N) is 5. The van der Waals surface area contributed by atoms with Crippen LogP contribution in [-0.2, 0) is 16.6 Å². The minimum Gasteiger partial charge on any atom is -0.389 e. The number of likely N-dealkylation sites (N-methyl/N-ethyl adjacent to an activating group) is 1. The van der Waals surface area contributed by atoms with Crippen LogP contribution in [0.3, 0.4) is 0 Å². The SMILES string of the molecule is Cc1c(-c2nccc3cnc(Nc4ccc(S(=O)(=O)NC5CCCN(C)C5)cc4)cc23)ccc2c1cnn2CC(C)(C)O. The molecule has 43 heavy (non-hydrogen) atoms. The quantitative estimate of drug-likeness (QED) is 0.231. The molecule has 0 aliphatic carbocycles. The molecule has 224 valence electrons. The van der Waals surface area contributed by atoms with Crippen molar-refractivity contribution < 1.29 is 13.5 Å². The van der Waals surface area contributed by atoms with Crippen molar-refractivity contribution in [1.82, 2.24) is 29.4 Å². The molecule has 1 saturated heterocycles. The van der Waals surface area contributed by atoms with E-state index in [1.807, 2.05) is 48.4 Å². The summed E-state index contributed by atoms with van der Waals surface area (Å²) >= 11 is 0. The maximum Gasteiger partial charge on any atom is 0.240 e. The van der Waals surface area contributed by atoms with Gasteiger partial charge in [-0.05, 0) is 95.2 Å². The van der Waals surface area contributed by atoms with Crippen LogP contribution < -0.4 is 10.0 Å². The van der Waals surface area contributed by atoms with Crippen molar-refractivity contribution in [3.63, 3.8) is 0 Å². The van der Waals surface area contributed by atoms with E-state index in [9.17, 15) is 13.5 Å². The van der Waals surface area contributed by atoms with Crippen LogP contribution in [0, 0.1) is 6.92 Å². The number of sulfonamides is 1. The number of aliphatic hydroxyl groups is 1. The van der Waals surface area contributed by atoms with E-state index < -0.39 is 15.6 Å². The predicted octanol–water partition coefficient (Wildman–Crippen LogP) is 4.84. The Morgan fingerprint density at radius 3 is 2.58 bits per heavy atom. The summed E-state index contributed by atoms with van der Waals surface area (Å²) in [5.74, 6) is 0.623. The standard InChI is InChI=1S/C32H37N7O3S/c1-21-26(11-12-29-28(21)18-35-39(29)20-32(2,3)40)31-27-16-30(34-17-22(27)13-14-33-31)36-23-7-9-25(10-8-23)43(41,42)37-24-6-5-15-38(4)19-24/h7-14,16-18,24,37,40H,5-6,15,19-20H2,1-4H3,(H,34,36). The average molecular weight is 600 g/mol. The fourth-order valence-corrected chi connectivity index (χ4v) is 7.07. The molecule has 0 spiro atoms. The molecule has 3 aromatic heterocycles. The van der Waals surface area contributed by atoms with E-state index in [1.165, 1.54) is 0 Å². The second-order valence-electron chi connectivity index (χ2n) is 12.1. The van der Waals surface area contributed by atoms with Crippen LogP contribution in [-0.4, -0.2) is 70.0 Å². The van der Waals surface area contributed by atoms with Crippen molar-refractivity contribution >= 4 is 43.2 Å². The number of fused-ring (bicyclic) bond motifs is 2. The van der Waals surface area contributed by atoms with Gasteiger partial charge in [0.2, 0.25) is 10.0 Å². The highest BCUT2D eigenvalue weighted by Crippen LogP contribution is 2.34. The van der Waals surface area contributed by atoms with Gasteiger partial charge in [0, 0.05) is 52.4 Å². The second-order valence-corrected chi connectivity index (χ2v) is 13.8. The Kier molecular flexibility index (Phi) is 7.67. The number of hydrogen-bond acceptors (Lipinski definition) is 8. The molecule has 1 fully saturated rings. The second kappa shape index (κ2) is 11.3. The van der Waals surface area contributed by atoms with Gasteiger partial charge >= 0.3 is 0 Å². The van der Waals surface area contributed by atoms with Crippen LogP contribution in [0.5, 0.6) is 0 Å². The third kappa shape index (κ3) is 6.25. The highest BCUT2D eigenvalue weighted by Gasteiger charge is 2.24. The van der Waals surface area contributed by atoms with E-state index in [0.29, 0.717) is 18.9 Å². The van der Waals surface area contributed by atoms with Gasteiger partial charge < -0.3 is 15.3 Å². The average Bonchev–Trinajstić information content (AvgIpc) is 3.35. The van der Waals surface area contributed by atoms with Crippen LogP contribution in [0.2, 0.25) is 0 Å². The molecule has 10 nitrogen and oxygen atoms in total. The van der Waals surface area contributed by atoms with Gasteiger partial charge in [0.05, 0.1) is 34.4 Å². The Hall–Kier alpha value is -3.90. The van der Waals surface area contributed by atoms with Gasteiger partial charge in [0.15, 0.2) is 0 Å². The topological polar surface area (TPSA) is 125 Å². The molecule has 1 unspecified atom stereocenters. The summed E-state index contributed by atoms with van der Waals surface area (Å²) in [6.07, 6.45) is 7.25. The van der Waals surface area contributed by atoms with Gasteiger partial charge in [0.25, 0.3) is 0 Å². The molecule has 1 aliphatic rings. The zero-order valence-electron chi connectivity index (χ0n) is 24.9. The highest BCUT2D eigenvalue weighted by atomic mass is 32.2. The molecule has 0 saturated carbocycles. The van der Waals surface area contributed by atoms with Crippen LogP contribution in [0.1, 0.15) is 32.3 Å². The summed E-state index contributed by atoms with van der Waals surface area (Å²) in [5.41, 5.74) is 3.68. The fraction of sp³-hybridized carbons (Fsp3) is 0.344. The molecule has 2 aromatic carbocycles. The predicted molar refractivity (Wildman–Crippen MR) is 170 cm³/mol. The first-order valence-corrected chi connectivity index (χ1v) is 16.0. The number of rotatable bonds is 8. The number of anilines is 2. The monoisotopic (exact) mass is 599 g/mol. The molecule has 0 amide bonds. The van der Waals surface area contributed by atoms with Gasteiger partial charge in [-0.2, -0.15) is 5.10 Å². The molecule has 1 atom stereocenters. The molecule has 4 heterocycles. The lowest BCUT2D eigenvalue weighted by atomic mass is 9.98. The van der Waals surface area contributed by atoms with Gasteiger partial charge in [-0.25, -0.2) is 18.1 Å². The number of aromatic nitrogens is 4. The van der Waals surface area contributed by atoms with Crippen LogP contribution in [0.25, 0.3) is 32.9 Å². The van der Waals surface area contributed by atoms with Crippen molar-refractivity contribution in [3.8, 4) is 11.3 Å². The fourth-order valence-electron chi connectivity index (χ4n) is 5.80. The van der Waals surface area contributed by atoms with E-state index in [0.717, 1.165) is 63.6 Å². The Balaban J connectivity index is 1.26. The molecular weight excluding hydrogens is 562 g/mol. The maximum absolute atomic E-state index is 13.0. The summed E-state index contributed by atoms with van der Waals surface area (Å²) < 4.78 is 30.6. The molecule has 1 aliphatic heterocycles. The van der Waals surface area contributed by atoms with Crippen molar-refractivity contribution in [2.75, 3.05) is 25.5 Å². The third-order valence-corrected chi connectivity index (χ3v) is 9.46. The Morgan fingerprint density at radius 1 is 1.05 bits per heavy atom. The molecule has 0 radical (unpaired) electrons. The first kappa shape index (κ1) is 29.2. The molecular formula is C32H37N7O3S. The van der Waals surface area contributed by atoms with Crippen molar-refractivity contribution in [1.29, 1.82) is 0 Å². The highest BCUT2D eigenvalue weighted by molar-refractivity contribution is 7.89. The summed E-state index contributed by atoms with van der Waals surface area (Å²) in [5, 5.41) is 21.0. The number of piperidine rings is 1. The largest absolute Gasteiger partial charge is 0.389 e. The Labute approximate surface area is 251 Å². The van der Waals surface area contributed by atoms with Crippen LogP contribution in [0.15, 0.2) is 72.0 Å². The number of nitrogens with one attached hydrogen (secondary N) is 2. The Morgan fingerprint density at radius 2 is 1.84 bits per heavy atom. The third-order valence-electron chi connectivity index (χ3n) is 7.92. The summed E-state index contributed by atoms with van der Waals surface area (Å²) in [7, 11) is -1.60. The van der Waals surface area contributed by atoms with Gasteiger partial charge in [-0.1, -0.05) is 6.07 Å². The van der Waals surface area contributed by atoms with Gasteiger partial charge in [-0.15, -0.1) is 0 Å². The first-order chi connectivity index (χ1) is 20.5. The van der Waals surface area contributed by atoms with Gasteiger partial charge in [0.1, 0.15) is 5.82 Å². The van der Waals surface area contributed by atoms with Crippen molar-refractivity contribution in [3.05, 3.63) is 72.7 Å². The Bertz CT molecular complexity index is 1900. The molecule has 11 heteroatoms. The number of benzene rings is 2. The smallest absolute Gasteiger partial charge is 0.240 e. The lowest BCUT2D eigenvalue weighted by Gasteiger charge is -2.29. The summed E-state index contributed by atoms with van der Waals surface area (Å²) in [6, 6.07) is 14.6. The van der Waals surface area contributed by atoms with E-state index in [2.05, 4.69) is 31.9 Å². The first-order valence-electron chi connectivity index (χ1n) is 14.5. The van der Waals surface area contributed by atoms with Crippen LogP contribution in [0.4, 0.5) is 11.5 Å². The molecule has 6 rings (SSSR count). The van der Waals surface area contributed by atoms with Crippen LogP contribution >= 0.6 is 0 Å². The zero-order valence-corrected chi connectivity index (χ0v) is 25.7. The van der Waals surface area contributed by atoms with E-state index >= 15 is 0 Å². The minimum absolute atomic E-state index is 0.0839. The maximum atomic E-state index is 13.0. The lowest BCUT2D eigenvalue weighted by Crippen LogP contribution is -2.46. The molecule has 0 bridgehead atoms. The lowest BCUT2D eigenvalue weighted by molar-refractivity contribution is 0.0591. The zero-order chi connectivity index (χ0) is 30.4. The van der Waals surface area contributed by atoms with Crippen molar-refractivity contribution in [2.24, 2.45) is 0 Å². The number of likely N-dealkylation sites (tertiary alicyclic amines) is 1. The minimum atomic E-state index is -3.61. The number of aryl methyl sites for hydroxylation is 1. The molecule has 3 N–H and O–H groups in total. The number of pyridine rings is 2. The van der Waals surface area contributed by atoms with E-state index in [-0.39, 0.29) is 10.9 Å². The summed E-state index contributed by atoms with van der Waals surface area (Å²) in [4.78, 5) is 11.7. The summed E-state index contributed by atoms with van der Waals surface area (Å²) in [6.45, 7) is 7.69. The van der Waals surface area contributed by atoms with E-state index in [1.54, 1.807) is 44.3 Å². The van der Waals surface area contributed by atoms with Crippen molar-refractivity contribution in [2.45, 2.75) is 56.7 Å². The normalized spacial score (nSPS) is 16.6.